The summed E-state index contributed by atoms with van der Waals surface area (Å²) in [5, 5.41) is 7.29. The van der Waals surface area contributed by atoms with Crippen molar-refractivity contribution in [2.45, 2.75) is 18.6 Å². The van der Waals surface area contributed by atoms with Crippen LogP contribution in [0.25, 0.3) is 11.4 Å². The summed E-state index contributed by atoms with van der Waals surface area (Å²) in [6, 6.07) is 6.03. The van der Waals surface area contributed by atoms with Gasteiger partial charge in [-0.15, -0.1) is 0 Å². The summed E-state index contributed by atoms with van der Waals surface area (Å²) in [7, 11) is 3.36. The highest BCUT2D eigenvalue weighted by molar-refractivity contribution is 6.34. The lowest BCUT2D eigenvalue weighted by Crippen LogP contribution is -2.42. The van der Waals surface area contributed by atoms with Crippen LogP contribution in [-0.2, 0) is 26.7 Å². The quantitative estimate of drug-likeness (QED) is 0.566. The molecule has 0 radical (unpaired) electrons. The van der Waals surface area contributed by atoms with Gasteiger partial charge in [0, 0.05) is 26.7 Å². The van der Waals surface area contributed by atoms with E-state index in [0.29, 0.717) is 16.4 Å². The van der Waals surface area contributed by atoms with Gasteiger partial charge in [-0.05, 0) is 24.1 Å². The van der Waals surface area contributed by atoms with Gasteiger partial charge in [-0.25, -0.2) is 0 Å². The number of hydrogen-bond acceptors (Lipinski definition) is 3. The Morgan fingerprint density at radius 1 is 1.26 bits per heavy atom. The Labute approximate surface area is 186 Å². The molecule has 11 heteroatoms. The molecular weight excluding hydrogens is 454 g/mol. The topological polar surface area (TPSA) is 77.9 Å². The summed E-state index contributed by atoms with van der Waals surface area (Å²) >= 11 is 12.5. The molecule has 0 saturated carbocycles. The first-order chi connectivity index (χ1) is 14.5. The molecule has 31 heavy (non-hydrogen) atoms. The van der Waals surface area contributed by atoms with Crippen molar-refractivity contribution in [2.24, 2.45) is 19.8 Å². The number of alkyl halides is 3. The largest absolute Gasteiger partial charge is 0.416 e. The molecule has 2 heterocycles. The molecule has 3 rings (SSSR count). The van der Waals surface area contributed by atoms with E-state index in [1.54, 1.807) is 29.4 Å². The fourth-order valence-corrected chi connectivity index (χ4v) is 3.86. The van der Waals surface area contributed by atoms with Crippen molar-refractivity contribution in [3.8, 4) is 11.4 Å². The van der Waals surface area contributed by atoms with Crippen molar-refractivity contribution in [1.29, 1.82) is 0 Å². The number of amides is 1. The van der Waals surface area contributed by atoms with Gasteiger partial charge in [0.1, 0.15) is 10.8 Å². The van der Waals surface area contributed by atoms with Crippen LogP contribution in [0, 0.1) is 0 Å². The third-order valence-corrected chi connectivity index (χ3v) is 5.68. The van der Waals surface area contributed by atoms with Crippen molar-refractivity contribution in [3.05, 3.63) is 63.4 Å². The average molecular weight is 474 g/mol. The molecule has 0 fully saturated rings. The van der Waals surface area contributed by atoms with Gasteiger partial charge in [0.05, 0.1) is 28.0 Å². The number of halogens is 5. The lowest BCUT2D eigenvalue weighted by molar-refractivity contribution is -0.138. The van der Waals surface area contributed by atoms with Crippen molar-refractivity contribution in [2.75, 3.05) is 6.54 Å². The monoisotopic (exact) mass is 473 g/mol. The zero-order chi connectivity index (χ0) is 22.9. The van der Waals surface area contributed by atoms with Crippen LogP contribution >= 0.6 is 23.2 Å². The molecule has 0 aliphatic carbocycles. The van der Waals surface area contributed by atoms with Gasteiger partial charge in [-0.3, -0.25) is 9.48 Å². The number of aromatic nitrogens is 3. The van der Waals surface area contributed by atoms with Crippen LogP contribution in [0.15, 0.2) is 36.5 Å². The fourth-order valence-electron chi connectivity index (χ4n) is 3.36. The first-order valence-corrected chi connectivity index (χ1v) is 9.99. The number of rotatable bonds is 6. The normalized spacial score (nSPS) is 12.8. The van der Waals surface area contributed by atoms with Crippen LogP contribution in [-0.4, -0.2) is 32.8 Å². The maximum absolute atomic E-state index is 13.3. The van der Waals surface area contributed by atoms with Crippen molar-refractivity contribution in [3.63, 3.8) is 0 Å². The SMILES string of the molecule is Cn1ncc(Cl)c1-c1cc(C(=O)N[C@H](CN)Cc2ccccc2C(F)(F)F)c(Cl)n1C. The number of nitrogens with zero attached hydrogens (tertiary/aromatic N) is 3. The van der Waals surface area contributed by atoms with Crippen LogP contribution < -0.4 is 11.1 Å². The van der Waals surface area contributed by atoms with E-state index < -0.39 is 23.7 Å². The van der Waals surface area contributed by atoms with Crippen molar-refractivity contribution < 1.29 is 18.0 Å². The van der Waals surface area contributed by atoms with E-state index in [-0.39, 0.29) is 29.2 Å². The Morgan fingerprint density at radius 2 is 1.94 bits per heavy atom. The van der Waals surface area contributed by atoms with Gasteiger partial charge < -0.3 is 15.6 Å². The highest BCUT2D eigenvalue weighted by Gasteiger charge is 2.33. The number of aryl methyl sites for hydroxylation is 1. The minimum atomic E-state index is -4.50. The number of nitrogens with two attached hydrogens (primary N) is 1. The number of carbonyl (C=O) groups excluding carboxylic acids is 1. The molecule has 3 N–H and O–H groups in total. The smallest absolute Gasteiger partial charge is 0.348 e. The third-order valence-electron chi connectivity index (χ3n) is 4.95. The lowest BCUT2D eigenvalue weighted by atomic mass is 9.99. The molecule has 0 saturated heterocycles. The molecule has 1 aromatic carbocycles. The Balaban J connectivity index is 1.85. The number of benzene rings is 1. The molecule has 0 unspecified atom stereocenters. The predicted octanol–water partition coefficient (Wildman–Crippen LogP) is 4.05. The van der Waals surface area contributed by atoms with Crippen LogP contribution in [0.3, 0.4) is 0 Å². The molecule has 1 amide bonds. The maximum atomic E-state index is 13.3. The van der Waals surface area contributed by atoms with Crippen LogP contribution in [0.5, 0.6) is 0 Å². The molecular formula is C20H20Cl2F3N5O. The molecule has 0 aliphatic heterocycles. The standard InChI is InChI=1S/C20H20Cl2F3N5O/c1-29-16(17-15(21)10-27-30(17)2)8-13(18(29)22)19(31)28-12(9-26)7-11-5-3-4-6-14(11)20(23,24)25/h3-6,8,10,12H,7,9,26H2,1-2H3,(H,28,31)/t12-/m0/s1. The van der Waals surface area contributed by atoms with E-state index >= 15 is 0 Å². The van der Waals surface area contributed by atoms with Gasteiger partial charge >= 0.3 is 6.18 Å². The van der Waals surface area contributed by atoms with E-state index in [9.17, 15) is 18.0 Å². The van der Waals surface area contributed by atoms with Gasteiger partial charge in [0.25, 0.3) is 5.91 Å². The van der Waals surface area contributed by atoms with Gasteiger partial charge in [-0.1, -0.05) is 41.4 Å². The minimum absolute atomic E-state index is 0.0484. The summed E-state index contributed by atoms with van der Waals surface area (Å²) in [5.74, 6) is -0.551. The first kappa shape index (κ1) is 23.2. The van der Waals surface area contributed by atoms with Crippen molar-refractivity contribution in [1.82, 2.24) is 19.7 Å². The number of nitrogens with one attached hydrogen (secondary N) is 1. The summed E-state index contributed by atoms with van der Waals surface area (Å²) in [4.78, 5) is 12.9. The minimum Gasteiger partial charge on any atom is -0.348 e. The molecule has 0 spiro atoms. The molecule has 3 aromatic rings. The third kappa shape index (κ3) is 4.73. The second kappa shape index (κ2) is 8.94. The Hall–Kier alpha value is -2.49. The summed E-state index contributed by atoms with van der Waals surface area (Å²) in [5.41, 5.74) is 6.31. The zero-order valence-electron chi connectivity index (χ0n) is 16.7. The summed E-state index contributed by atoms with van der Waals surface area (Å²) in [6.07, 6.45) is -3.11. The maximum Gasteiger partial charge on any atom is 0.416 e. The van der Waals surface area contributed by atoms with Crippen LogP contribution in [0.1, 0.15) is 21.5 Å². The van der Waals surface area contributed by atoms with E-state index in [2.05, 4.69) is 10.4 Å². The van der Waals surface area contributed by atoms with Gasteiger partial charge in [0.15, 0.2) is 0 Å². The average Bonchev–Trinajstić information content (AvgIpc) is 3.19. The Kier molecular flexibility index (Phi) is 6.68. The Morgan fingerprint density at radius 3 is 2.52 bits per heavy atom. The second-order valence-electron chi connectivity index (χ2n) is 7.02. The number of hydrogen-bond donors (Lipinski definition) is 2. The van der Waals surface area contributed by atoms with Crippen molar-refractivity contribution >= 4 is 29.1 Å². The fraction of sp³-hybridized carbons (Fsp3) is 0.300. The Bertz CT molecular complexity index is 1090. The molecule has 0 bridgehead atoms. The molecule has 2 aromatic heterocycles. The molecule has 166 valence electrons. The molecule has 1 atom stereocenters. The zero-order valence-corrected chi connectivity index (χ0v) is 18.2. The van der Waals surface area contributed by atoms with E-state index in [1.807, 2.05) is 0 Å². The van der Waals surface area contributed by atoms with Crippen LogP contribution in [0.4, 0.5) is 13.2 Å². The van der Waals surface area contributed by atoms with E-state index in [4.69, 9.17) is 28.9 Å². The first-order valence-electron chi connectivity index (χ1n) is 9.23. The molecule has 6 nitrogen and oxygen atoms in total. The molecule has 0 aliphatic rings. The van der Waals surface area contributed by atoms with E-state index in [1.165, 1.54) is 24.4 Å². The predicted molar refractivity (Wildman–Crippen MR) is 113 cm³/mol. The van der Waals surface area contributed by atoms with Gasteiger partial charge in [0.2, 0.25) is 0 Å². The highest BCUT2D eigenvalue weighted by Crippen LogP contribution is 2.33. The van der Waals surface area contributed by atoms with Crippen LogP contribution in [0.2, 0.25) is 10.2 Å². The second-order valence-corrected chi connectivity index (χ2v) is 7.79. The van der Waals surface area contributed by atoms with E-state index in [0.717, 1.165) is 6.07 Å². The summed E-state index contributed by atoms with van der Waals surface area (Å²) < 4.78 is 42.9. The number of carbonyl (C=O) groups is 1. The van der Waals surface area contributed by atoms with Gasteiger partial charge in [-0.2, -0.15) is 18.3 Å². The lowest BCUT2D eigenvalue weighted by Gasteiger charge is -2.19. The highest BCUT2D eigenvalue weighted by atomic mass is 35.5. The summed E-state index contributed by atoms with van der Waals surface area (Å²) in [6.45, 7) is -0.0528.